The third kappa shape index (κ3) is 11.4. The lowest BCUT2D eigenvalue weighted by atomic mass is 9.97. The first-order valence-corrected chi connectivity index (χ1v) is 21.3. The summed E-state index contributed by atoms with van der Waals surface area (Å²) in [6.45, 7) is 3.37. The smallest absolute Gasteiger partial charge is 0.268 e. The summed E-state index contributed by atoms with van der Waals surface area (Å²) in [7, 11) is -1.30. The van der Waals surface area contributed by atoms with Gasteiger partial charge in [0.2, 0.25) is 0 Å². The number of quaternary nitrogens is 1. The molecule has 4 aromatic carbocycles. The van der Waals surface area contributed by atoms with Crippen LogP contribution < -0.4 is 40.9 Å². The van der Waals surface area contributed by atoms with Crippen LogP contribution in [-0.2, 0) is 16.6 Å². The van der Waals surface area contributed by atoms with Gasteiger partial charge in [-0.25, -0.2) is 18.3 Å². The Morgan fingerprint density at radius 2 is 1.60 bits per heavy atom. The van der Waals surface area contributed by atoms with Crippen molar-refractivity contribution in [3.05, 3.63) is 107 Å². The molecular formula is C42H56N8O7S. The van der Waals surface area contributed by atoms with E-state index in [0.717, 1.165) is 31.6 Å². The average Bonchev–Trinajstić information content (AvgIpc) is 3.38. The van der Waals surface area contributed by atoms with Crippen LogP contribution in [0.4, 0.5) is 22.7 Å². The molecule has 312 valence electrons. The van der Waals surface area contributed by atoms with E-state index >= 15 is 0 Å². The summed E-state index contributed by atoms with van der Waals surface area (Å²) >= 11 is 0. The highest BCUT2D eigenvalue weighted by molar-refractivity contribution is 7.90. The van der Waals surface area contributed by atoms with Crippen molar-refractivity contribution in [2.75, 3.05) is 69.4 Å². The molecule has 2 saturated heterocycles. The molecule has 2 aliphatic rings. The summed E-state index contributed by atoms with van der Waals surface area (Å²) < 4.78 is 35.3. The van der Waals surface area contributed by atoms with Gasteiger partial charge in [-0.2, -0.15) is 4.81 Å². The zero-order valence-corrected chi connectivity index (χ0v) is 33.9. The van der Waals surface area contributed by atoms with Gasteiger partial charge in [0.1, 0.15) is 18.5 Å². The van der Waals surface area contributed by atoms with Crippen LogP contribution in [0.1, 0.15) is 48.0 Å². The first-order chi connectivity index (χ1) is 27.9. The van der Waals surface area contributed by atoms with Crippen molar-refractivity contribution in [2.24, 2.45) is 0 Å². The predicted octanol–water partition coefficient (Wildman–Crippen LogP) is 5.04. The molecule has 2 unspecified atom stereocenters. The molecule has 16 heteroatoms. The molecule has 58 heavy (non-hydrogen) atoms. The van der Waals surface area contributed by atoms with Crippen molar-refractivity contribution >= 4 is 38.7 Å². The second-order valence-electron chi connectivity index (χ2n) is 15.0. The fraction of sp³-hybridized carbons (Fsp3) is 0.405. The highest BCUT2D eigenvalue weighted by Gasteiger charge is 2.38. The van der Waals surface area contributed by atoms with Crippen LogP contribution in [-0.4, -0.2) is 101 Å². The number of hydrogen-bond acceptors (Lipinski definition) is 13. The zero-order chi connectivity index (χ0) is 41.1. The normalized spacial score (nSPS) is 18.9. The van der Waals surface area contributed by atoms with Crippen LogP contribution in [0.15, 0.2) is 95.9 Å². The number of rotatable bonds is 21. The van der Waals surface area contributed by atoms with E-state index < -0.39 is 20.7 Å². The van der Waals surface area contributed by atoms with Crippen LogP contribution in [0.3, 0.4) is 0 Å². The largest absolute Gasteiger partial charge is 0.593 e. The first kappa shape index (κ1) is 42.8. The molecule has 2 fully saturated rings. The van der Waals surface area contributed by atoms with Gasteiger partial charge in [0, 0.05) is 74.4 Å². The van der Waals surface area contributed by atoms with E-state index in [0.29, 0.717) is 75.3 Å². The molecule has 0 spiro atoms. The van der Waals surface area contributed by atoms with Gasteiger partial charge in [0.25, 0.3) is 15.9 Å². The first-order valence-electron chi connectivity index (χ1n) is 19.9. The summed E-state index contributed by atoms with van der Waals surface area (Å²) in [6, 6.07) is 27.5. The van der Waals surface area contributed by atoms with Crippen LogP contribution in [0.5, 0.6) is 11.5 Å². The standard InChI is InChI=1S/C42H56N8O7S/c1-49-33-14-15-34(49)26-32(25-33)47-38-12-7-6-9-30(38)29-44-21-22-45-31-13-17-37(41(27-31)57-35-10-4-3-5-11-35)42(52)48-58(55,56)36-16-18-39(40(28-36)50(2,53)54)46-20-8-19-43-23-24-51/h3-7,9-13,16-18,27-28,32-34,43-47,51,53H,8,14-15,19-26,29H2,1-2H3,(H,48,52)/t32?,33-,34+. The third-order valence-corrected chi connectivity index (χ3v) is 12.0. The third-order valence-electron chi connectivity index (χ3n) is 10.7. The van der Waals surface area contributed by atoms with Gasteiger partial charge in [-0.1, -0.05) is 36.4 Å². The predicted molar refractivity (Wildman–Crippen MR) is 228 cm³/mol. The molecule has 6 rings (SSSR count). The quantitative estimate of drug-likeness (QED) is 0.0316. The molecule has 1 amide bonds. The molecule has 0 aliphatic carbocycles. The van der Waals surface area contributed by atoms with Crippen LogP contribution in [0.25, 0.3) is 0 Å². The van der Waals surface area contributed by atoms with E-state index in [-0.39, 0.29) is 34.2 Å². The molecule has 15 nitrogen and oxygen atoms in total. The van der Waals surface area contributed by atoms with Crippen molar-refractivity contribution in [1.82, 2.24) is 25.1 Å². The Hall–Kier alpha value is -4.78. The number of benzene rings is 4. The molecule has 2 bridgehead atoms. The Labute approximate surface area is 341 Å². The Bertz CT molecular complexity index is 2070. The Morgan fingerprint density at radius 1 is 0.862 bits per heavy atom. The number of hydroxylamine groups is 2. The summed E-state index contributed by atoms with van der Waals surface area (Å²) in [4.78, 5) is 13.9. The van der Waals surface area contributed by atoms with E-state index in [1.807, 2.05) is 6.07 Å². The van der Waals surface area contributed by atoms with E-state index in [4.69, 9.17) is 9.84 Å². The van der Waals surface area contributed by atoms with E-state index in [1.165, 1.54) is 36.6 Å². The second-order valence-corrected chi connectivity index (χ2v) is 16.7. The number of anilines is 3. The molecular weight excluding hydrogens is 761 g/mol. The number of nitrogens with one attached hydrogen (secondary N) is 6. The number of nitrogens with zero attached hydrogens (tertiary/aromatic N) is 2. The number of carbonyl (C=O) groups excluding carboxylic acids is 1. The molecule has 2 aliphatic heterocycles. The fourth-order valence-corrected chi connectivity index (χ4v) is 8.64. The highest BCUT2D eigenvalue weighted by Crippen LogP contribution is 2.36. The second kappa shape index (κ2) is 19.8. The summed E-state index contributed by atoms with van der Waals surface area (Å²) in [6.07, 6.45) is 5.53. The lowest BCUT2D eigenvalue weighted by Crippen LogP contribution is -2.44. The minimum absolute atomic E-state index is 0.0108. The van der Waals surface area contributed by atoms with Gasteiger partial charge >= 0.3 is 0 Å². The molecule has 2 heterocycles. The van der Waals surface area contributed by atoms with Crippen molar-refractivity contribution in [3.63, 3.8) is 0 Å². The lowest BCUT2D eigenvalue weighted by Gasteiger charge is -2.37. The van der Waals surface area contributed by atoms with Crippen molar-refractivity contribution in [2.45, 2.75) is 61.7 Å². The van der Waals surface area contributed by atoms with Gasteiger partial charge in [-0.3, -0.25) is 4.79 Å². The number of aliphatic hydroxyl groups is 1. The van der Waals surface area contributed by atoms with Crippen molar-refractivity contribution < 1.29 is 28.3 Å². The zero-order valence-electron chi connectivity index (χ0n) is 33.1. The van der Waals surface area contributed by atoms with Gasteiger partial charge in [0.15, 0.2) is 5.69 Å². The minimum Gasteiger partial charge on any atom is -0.593 e. The van der Waals surface area contributed by atoms with Gasteiger partial charge in [0.05, 0.1) is 22.8 Å². The molecule has 0 radical (unpaired) electrons. The number of para-hydroxylation sites is 2. The number of sulfonamides is 1. The number of carbonyl (C=O) groups is 1. The van der Waals surface area contributed by atoms with Gasteiger partial charge in [-0.15, -0.1) is 0 Å². The maximum Gasteiger partial charge on any atom is 0.268 e. The van der Waals surface area contributed by atoms with E-state index in [1.54, 1.807) is 36.4 Å². The number of aliphatic hydroxyl groups excluding tert-OH is 1. The van der Waals surface area contributed by atoms with Crippen molar-refractivity contribution in [1.29, 1.82) is 0 Å². The number of piperidine rings is 1. The van der Waals surface area contributed by atoms with Crippen LogP contribution in [0, 0.1) is 5.21 Å². The number of hydrogen-bond donors (Lipinski definition) is 8. The summed E-state index contributed by atoms with van der Waals surface area (Å²) in [5, 5.41) is 48.7. The SMILES string of the molecule is CN1[C@@H]2CC[C@H]1CC(Nc1ccccc1CNCCNc1ccc(C(=O)NS(=O)(=O)c3ccc(NCCCNCCO)c([N+](C)([O-])O)c3)c(Oc3ccccc3)c1)C2. The van der Waals surface area contributed by atoms with Crippen LogP contribution in [0.2, 0.25) is 0 Å². The Morgan fingerprint density at radius 3 is 2.34 bits per heavy atom. The Kier molecular flexibility index (Phi) is 14.6. The summed E-state index contributed by atoms with van der Waals surface area (Å²) in [5.41, 5.74) is 2.99. The van der Waals surface area contributed by atoms with Crippen molar-refractivity contribution in [3.8, 4) is 11.5 Å². The van der Waals surface area contributed by atoms with Crippen LogP contribution >= 0.6 is 0 Å². The maximum atomic E-state index is 13.6. The Balaban J connectivity index is 1.08. The average molecular weight is 817 g/mol. The monoisotopic (exact) mass is 816 g/mol. The topological polar surface area (TPSA) is 199 Å². The molecule has 4 aromatic rings. The van der Waals surface area contributed by atoms with Gasteiger partial charge < -0.3 is 46.5 Å². The molecule has 8 N–H and O–H groups in total. The minimum atomic E-state index is -4.51. The van der Waals surface area contributed by atoms with E-state index in [9.17, 15) is 23.6 Å². The molecule has 4 atom stereocenters. The van der Waals surface area contributed by atoms with Gasteiger partial charge in [-0.05, 0) is 93.7 Å². The lowest BCUT2D eigenvalue weighted by molar-refractivity contribution is -0.00400. The molecule has 0 aromatic heterocycles. The highest BCUT2D eigenvalue weighted by atomic mass is 32.2. The molecule has 0 saturated carbocycles. The number of fused-ring (bicyclic) bond motifs is 2. The fourth-order valence-electron chi connectivity index (χ4n) is 7.65. The maximum absolute atomic E-state index is 13.6. The number of amides is 1. The van der Waals surface area contributed by atoms with E-state index in [2.05, 4.69) is 67.5 Å². The summed E-state index contributed by atoms with van der Waals surface area (Å²) in [5.74, 6) is -0.361. The number of ether oxygens (including phenoxy) is 1.